The molecule has 4 rings (SSSR count). The Balaban J connectivity index is 1.43. The second-order valence-corrected chi connectivity index (χ2v) is 10.4. The third-order valence-electron chi connectivity index (χ3n) is 6.42. The van der Waals surface area contributed by atoms with Crippen molar-refractivity contribution in [1.29, 1.82) is 0 Å². The first kappa shape index (κ1) is 20.6. The smallest absolute Gasteiger partial charge is 0.257 e. The molecule has 1 unspecified atom stereocenters. The number of hydrogen-bond donors (Lipinski definition) is 0. The number of nitrogens with zero attached hydrogens (tertiary/aromatic N) is 2. The Morgan fingerprint density at radius 2 is 1.86 bits per heavy atom. The van der Waals surface area contributed by atoms with Crippen LogP contribution in [0.25, 0.3) is 0 Å². The van der Waals surface area contributed by atoms with Gasteiger partial charge in [0.15, 0.2) is 0 Å². The molecular weight excluding hydrogens is 392 g/mol. The number of carbonyl (C=O) groups excluding carboxylic acids is 1. The number of benzene rings is 1. The molecule has 1 spiro atoms. The van der Waals surface area contributed by atoms with Gasteiger partial charge in [-0.3, -0.25) is 4.79 Å². The summed E-state index contributed by atoms with van der Waals surface area (Å²) < 4.78 is 38.0. The van der Waals surface area contributed by atoms with E-state index in [0.29, 0.717) is 37.4 Å². The Kier molecular flexibility index (Phi) is 5.61. The van der Waals surface area contributed by atoms with E-state index in [1.807, 2.05) is 17.0 Å². The molecule has 2 heterocycles. The number of hydrogen-bond acceptors (Lipinski definition) is 5. The highest BCUT2D eigenvalue weighted by Crippen LogP contribution is 2.41. The quantitative estimate of drug-likeness (QED) is 0.728. The fourth-order valence-electron chi connectivity index (χ4n) is 4.85. The molecule has 160 valence electrons. The van der Waals surface area contributed by atoms with Crippen LogP contribution in [-0.2, 0) is 14.8 Å². The van der Waals surface area contributed by atoms with Crippen molar-refractivity contribution < 1.29 is 22.7 Å². The summed E-state index contributed by atoms with van der Waals surface area (Å²) in [5, 5.41) is 0. The first-order valence-corrected chi connectivity index (χ1v) is 12.2. The van der Waals surface area contributed by atoms with Crippen molar-refractivity contribution >= 4 is 15.9 Å². The van der Waals surface area contributed by atoms with E-state index in [4.69, 9.17) is 9.47 Å². The molecule has 1 aliphatic carbocycles. The highest BCUT2D eigenvalue weighted by atomic mass is 32.2. The fraction of sp³-hybridized carbons (Fsp3) is 0.667. The van der Waals surface area contributed by atoms with Gasteiger partial charge in [-0.1, -0.05) is 12.1 Å². The average molecular weight is 423 g/mol. The van der Waals surface area contributed by atoms with Crippen LogP contribution in [0.1, 0.15) is 48.9 Å². The summed E-state index contributed by atoms with van der Waals surface area (Å²) in [4.78, 5) is 14.8. The molecule has 2 saturated heterocycles. The molecule has 1 aromatic rings. The zero-order valence-corrected chi connectivity index (χ0v) is 18.0. The minimum Gasteiger partial charge on any atom is -0.496 e. The van der Waals surface area contributed by atoms with E-state index in [0.717, 1.165) is 32.1 Å². The van der Waals surface area contributed by atoms with Crippen LogP contribution in [0.2, 0.25) is 0 Å². The number of carbonyl (C=O) groups is 1. The van der Waals surface area contributed by atoms with Gasteiger partial charge < -0.3 is 14.4 Å². The predicted octanol–water partition coefficient (Wildman–Crippen LogP) is 2.27. The molecule has 8 heteroatoms. The topological polar surface area (TPSA) is 76.2 Å². The van der Waals surface area contributed by atoms with Crippen molar-refractivity contribution in [3.8, 4) is 5.75 Å². The minimum atomic E-state index is -3.23. The molecule has 7 nitrogen and oxygen atoms in total. The molecule has 1 amide bonds. The Labute approximate surface area is 173 Å². The SMILES string of the molecule is COc1ccccc1C(=O)N1CCC2(CC1)CC(N(C1CC1)S(C)(=O)=O)CCO2. The molecule has 1 aromatic carbocycles. The van der Waals surface area contributed by atoms with Crippen molar-refractivity contribution in [2.24, 2.45) is 0 Å². The Morgan fingerprint density at radius 1 is 1.17 bits per heavy atom. The van der Waals surface area contributed by atoms with Crippen LogP contribution in [0.5, 0.6) is 5.75 Å². The lowest BCUT2D eigenvalue weighted by molar-refractivity contribution is -0.123. The summed E-state index contributed by atoms with van der Waals surface area (Å²) in [6.07, 6.45) is 6.15. The number of sulfonamides is 1. The van der Waals surface area contributed by atoms with Crippen molar-refractivity contribution in [2.75, 3.05) is 33.1 Å². The van der Waals surface area contributed by atoms with E-state index in [1.165, 1.54) is 6.26 Å². The number of ether oxygens (including phenoxy) is 2. The van der Waals surface area contributed by atoms with Crippen LogP contribution in [0, 0.1) is 0 Å². The lowest BCUT2D eigenvalue weighted by atomic mass is 9.82. The second kappa shape index (κ2) is 7.89. The standard InChI is InChI=1S/C21H30N2O5S/c1-27-19-6-4-3-5-18(19)20(24)22-12-10-21(11-13-22)15-17(9-14-28-21)23(16-7-8-16)29(2,25)26/h3-6,16-17H,7-15H2,1-2H3. The van der Waals surface area contributed by atoms with Gasteiger partial charge in [-0.25, -0.2) is 8.42 Å². The van der Waals surface area contributed by atoms with Crippen molar-refractivity contribution in [3.05, 3.63) is 29.8 Å². The van der Waals surface area contributed by atoms with Gasteiger partial charge in [0, 0.05) is 31.8 Å². The van der Waals surface area contributed by atoms with Crippen LogP contribution in [0.4, 0.5) is 0 Å². The Morgan fingerprint density at radius 3 is 2.48 bits per heavy atom. The number of rotatable bonds is 5. The highest BCUT2D eigenvalue weighted by molar-refractivity contribution is 7.88. The summed E-state index contributed by atoms with van der Waals surface area (Å²) >= 11 is 0. The summed E-state index contributed by atoms with van der Waals surface area (Å²) in [6.45, 7) is 1.78. The Bertz CT molecular complexity index is 860. The van der Waals surface area contributed by atoms with E-state index in [2.05, 4.69) is 0 Å². The third kappa shape index (κ3) is 4.29. The summed E-state index contributed by atoms with van der Waals surface area (Å²) in [5.41, 5.74) is 0.239. The molecule has 3 fully saturated rings. The van der Waals surface area contributed by atoms with Gasteiger partial charge in [-0.05, 0) is 50.7 Å². The van der Waals surface area contributed by atoms with E-state index in [-0.39, 0.29) is 23.6 Å². The highest BCUT2D eigenvalue weighted by Gasteiger charge is 2.47. The fourth-order valence-corrected chi connectivity index (χ4v) is 6.32. The van der Waals surface area contributed by atoms with Gasteiger partial charge in [0.25, 0.3) is 5.91 Å². The van der Waals surface area contributed by atoms with Crippen LogP contribution >= 0.6 is 0 Å². The number of methoxy groups -OCH3 is 1. The van der Waals surface area contributed by atoms with E-state index in [1.54, 1.807) is 23.5 Å². The van der Waals surface area contributed by atoms with E-state index in [9.17, 15) is 13.2 Å². The van der Waals surface area contributed by atoms with Gasteiger partial charge >= 0.3 is 0 Å². The predicted molar refractivity (Wildman–Crippen MR) is 110 cm³/mol. The second-order valence-electron chi connectivity index (χ2n) is 8.49. The number of likely N-dealkylation sites (tertiary alicyclic amines) is 1. The lowest BCUT2D eigenvalue weighted by Crippen LogP contribution is -2.55. The molecule has 0 N–H and O–H groups in total. The van der Waals surface area contributed by atoms with Crippen LogP contribution < -0.4 is 4.74 Å². The largest absolute Gasteiger partial charge is 0.496 e. The maximum Gasteiger partial charge on any atom is 0.257 e. The number of para-hydroxylation sites is 1. The third-order valence-corrected chi connectivity index (χ3v) is 7.78. The maximum atomic E-state index is 13.0. The average Bonchev–Trinajstić information content (AvgIpc) is 3.52. The zero-order chi connectivity index (χ0) is 20.6. The molecule has 1 atom stereocenters. The maximum absolute atomic E-state index is 13.0. The van der Waals surface area contributed by atoms with Gasteiger partial charge in [-0.15, -0.1) is 0 Å². The van der Waals surface area contributed by atoms with Gasteiger partial charge in [0.2, 0.25) is 10.0 Å². The van der Waals surface area contributed by atoms with E-state index < -0.39 is 10.0 Å². The molecule has 0 radical (unpaired) electrons. The van der Waals surface area contributed by atoms with Crippen molar-refractivity contribution in [1.82, 2.24) is 9.21 Å². The van der Waals surface area contributed by atoms with Gasteiger partial charge in [0.05, 0.1) is 24.5 Å². The normalized spacial score (nSPS) is 24.7. The lowest BCUT2D eigenvalue weighted by Gasteiger charge is -2.48. The van der Waals surface area contributed by atoms with Crippen LogP contribution in [-0.4, -0.2) is 74.3 Å². The summed E-state index contributed by atoms with van der Waals surface area (Å²) in [7, 11) is -1.66. The number of amides is 1. The Hall–Kier alpha value is -1.64. The summed E-state index contributed by atoms with van der Waals surface area (Å²) in [5.74, 6) is 0.556. The molecule has 0 aromatic heterocycles. The number of piperidine rings is 1. The summed E-state index contributed by atoms with van der Waals surface area (Å²) in [6, 6.07) is 7.45. The van der Waals surface area contributed by atoms with E-state index >= 15 is 0 Å². The monoisotopic (exact) mass is 422 g/mol. The molecule has 2 aliphatic heterocycles. The van der Waals surface area contributed by atoms with Crippen molar-refractivity contribution in [2.45, 2.75) is 56.2 Å². The molecule has 1 saturated carbocycles. The molecule has 29 heavy (non-hydrogen) atoms. The molecular formula is C21H30N2O5S. The van der Waals surface area contributed by atoms with Crippen LogP contribution in [0.15, 0.2) is 24.3 Å². The minimum absolute atomic E-state index is 0.00252. The van der Waals surface area contributed by atoms with Crippen molar-refractivity contribution in [3.63, 3.8) is 0 Å². The van der Waals surface area contributed by atoms with Gasteiger partial charge in [-0.2, -0.15) is 4.31 Å². The zero-order valence-electron chi connectivity index (χ0n) is 17.2. The first-order valence-electron chi connectivity index (χ1n) is 10.4. The van der Waals surface area contributed by atoms with Gasteiger partial charge in [0.1, 0.15) is 5.75 Å². The molecule has 3 aliphatic rings. The molecule has 0 bridgehead atoms. The first-order chi connectivity index (χ1) is 13.8. The van der Waals surface area contributed by atoms with Crippen LogP contribution in [0.3, 0.4) is 0 Å².